The monoisotopic (exact) mass is 561 g/mol. The molecule has 0 saturated heterocycles. The van der Waals surface area contributed by atoms with Gasteiger partial charge in [-0.3, -0.25) is 4.79 Å². The Morgan fingerprint density at radius 2 is 1.72 bits per heavy atom. The fourth-order valence-electron chi connectivity index (χ4n) is 3.60. The number of primary amides is 1. The van der Waals surface area contributed by atoms with Crippen LogP contribution in [0.4, 0.5) is 24.9 Å². The molecule has 39 heavy (non-hydrogen) atoms. The molecule has 2 aromatic heterocycles. The molecule has 204 valence electrons. The molecule has 0 radical (unpaired) electrons. The molecule has 0 aliphatic carbocycles. The number of nitrogens with one attached hydrogen (secondary N) is 2. The van der Waals surface area contributed by atoms with Crippen LogP contribution in [0, 0.1) is 0 Å². The van der Waals surface area contributed by atoms with Crippen molar-refractivity contribution in [3.05, 3.63) is 65.7 Å². The predicted octanol–water partition coefficient (Wildman–Crippen LogP) is 3.03. The first kappa shape index (κ1) is 27.5. The normalized spacial score (nSPS) is 11.8. The Morgan fingerprint density at radius 3 is 2.33 bits per heavy atom. The van der Waals surface area contributed by atoms with Crippen molar-refractivity contribution in [3.63, 3.8) is 0 Å². The van der Waals surface area contributed by atoms with Crippen LogP contribution >= 0.6 is 0 Å². The zero-order valence-electron chi connectivity index (χ0n) is 20.3. The molecule has 11 nitrogen and oxygen atoms in total. The molecule has 0 fully saturated rings. The maximum atomic E-state index is 13.0. The summed E-state index contributed by atoms with van der Waals surface area (Å²) in [6.45, 7) is -1.23. The molecule has 15 heteroatoms. The van der Waals surface area contributed by atoms with E-state index in [9.17, 15) is 26.4 Å². The first-order valence-electron chi connectivity index (χ1n) is 11.2. The second-order valence-corrected chi connectivity index (χ2v) is 9.81. The molecule has 0 saturated carbocycles. The SMILES string of the molecule is COc1ccc(-c2ccc3nc(NCc4ccc(S(N)(=O)=O)cc4)nc(NCC(F)(F)F)c3n2)cc1C(N)=O. The number of halogens is 3. The number of nitrogens with zero attached hydrogens (tertiary/aromatic N) is 3. The Kier molecular flexibility index (Phi) is 7.56. The number of fused-ring (bicyclic) bond motifs is 1. The summed E-state index contributed by atoms with van der Waals surface area (Å²) in [6, 6.07) is 13.5. The largest absolute Gasteiger partial charge is 0.496 e. The molecule has 4 rings (SSSR count). The molecule has 0 atom stereocenters. The lowest BCUT2D eigenvalue weighted by Crippen LogP contribution is -2.22. The summed E-state index contributed by atoms with van der Waals surface area (Å²) in [6.07, 6.45) is -4.53. The smallest absolute Gasteiger partial charge is 0.405 e. The number of anilines is 2. The van der Waals surface area contributed by atoms with Crippen molar-refractivity contribution in [2.45, 2.75) is 17.6 Å². The minimum absolute atomic E-state index is 0.0118. The van der Waals surface area contributed by atoms with Crippen LogP contribution in [0.15, 0.2) is 59.5 Å². The highest BCUT2D eigenvalue weighted by Crippen LogP contribution is 2.29. The van der Waals surface area contributed by atoms with Gasteiger partial charge in [-0.25, -0.2) is 23.5 Å². The van der Waals surface area contributed by atoms with E-state index >= 15 is 0 Å². The number of aromatic nitrogens is 3. The van der Waals surface area contributed by atoms with Gasteiger partial charge in [-0.15, -0.1) is 0 Å². The number of sulfonamides is 1. The zero-order chi connectivity index (χ0) is 28.4. The lowest BCUT2D eigenvalue weighted by molar-refractivity contribution is -0.115. The minimum Gasteiger partial charge on any atom is -0.496 e. The summed E-state index contributed by atoms with van der Waals surface area (Å²) in [5.74, 6) is -0.620. The van der Waals surface area contributed by atoms with Gasteiger partial charge in [0.05, 0.1) is 28.8 Å². The standard InChI is InChI=1S/C24H22F3N7O4S/c1-38-19-9-4-14(10-16(19)21(28)35)17-7-8-18-20(32-17)22(31-12-24(25,26)27)34-23(33-18)30-11-13-2-5-15(6-3-13)39(29,36)37/h2-10H,11-12H2,1H3,(H2,28,35)(H2,29,36,37)(H2,30,31,33,34). The van der Waals surface area contributed by atoms with Crippen LogP contribution in [-0.4, -0.2) is 49.1 Å². The molecule has 2 heterocycles. The Morgan fingerprint density at radius 1 is 1.00 bits per heavy atom. The fraction of sp³-hybridized carbons (Fsp3) is 0.167. The molecule has 6 N–H and O–H groups in total. The summed E-state index contributed by atoms with van der Waals surface area (Å²) in [7, 11) is -2.46. The number of benzene rings is 2. The number of carbonyl (C=O) groups is 1. The van der Waals surface area contributed by atoms with E-state index in [1.807, 2.05) is 0 Å². The number of rotatable bonds is 9. The molecule has 0 unspecified atom stereocenters. The van der Waals surface area contributed by atoms with Gasteiger partial charge < -0.3 is 21.1 Å². The van der Waals surface area contributed by atoms with Crippen molar-refractivity contribution in [2.75, 3.05) is 24.3 Å². The number of amides is 1. The topological polar surface area (TPSA) is 175 Å². The summed E-state index contributed by atoms with van der Waals surface area (Å²) in [5.41, 5.74) is 7.31. The van der Waals surface area contributed by atoms with Gasteiger partial charge in [-0.05, 0) is 48.0 Å². The molecule has 2 aromatic carbocycles. The van der Waals surface area contributed by atoms with E-state index in [-0.39, 0.29) is 45.6 Å². The second kappa shape index (κ2) is 10.7. The number of hydrogen-bond acceptors (Lipinski definition) is 9. The summed E-state index contributed by atoms with van der Waals surface area (Å²) < 4.78 is 67.0. The molecular formula is C24H22F3N7O4S. The summed E-state index contributed by atoms with van der Waals surface area (Å²) in [4.78, 5) is 24.7. The van der Waals surface area contributed by atoms with Gasteiger partial charge in [0.2, 0.25) is 16.0 Å². The molecule has 0 aliphatic heterocycles. The van der Waals surface area contributed by atoms with Crippen LogP contribution in [-0.2, 0) is 16.6 Å². The van der Waals surface area contributed by atoms with Crippen LogP contribution in [0.5, 0.6) is 5.75 Å². The number of hydrogen-bond donors (Lipinski definition) is 4. The average molecular weight is 562 g/mol. The third-order valence-corrected chi connectivity index (χ3v) is 6.39. The van der Waals surface area contributed by atoms with Crippen LogP contribution < -0.4 is 26.2 Å². The van der Waals surface area contributed by atoms with Crippen molar-refractivity contribution in [1.29, 1.82) is 0 Å². The van der Waals surface area contributed by atoms with Crippen LogP contribution in [0.2, 0.25) is 0 Å². The first-order valence-corrected chi connectivity index (χ1v) is 12.7. The lowest BCUT2D eigenvalue weighted by Gasteiger charge is -2.14. The van der Waals surface area contributed by atoms with E-state index in [4.69, 9.17) is 15.6 Å². The van der Waals surface area contributed by atoms with E-state index in [0.29, 0.717) is 16.8 Å². The van der Waals surface area contributed by atoms with Crippen LogP contribution in [0.1, 0.15) is 15.9 Å². The van der Waals surface area contributed by atoms with E-state index in [2.05, 4.69) is 25.6 Å². The van der Waals surface area contributed by atoms with Gasteiger partial charge in [0, 0.05) is 12.1 Å². The predicted molar refractivity (Wildman–Crippen MR) is 138 cm³/mol. The van der Waals surface area contributed by atoms with Gasteiger partial charge in [0.25, 0.3) is 5.91 Å². The molecule has 4 aromatic rings. The highest BCUT2D eigenvalue weighted by atomic mass is 32.2. The quantitative estimate of drug-likeness (QED) is 0.239. The van der Waals surface area contributed by atoms with Crippen molar-refractivity contribution in [1.82, 2.24) is 15.0 Å². The van der Waals surface area contributed by atoms with E-state index in [1.165, 1.54) is 43.5 Å². The number of ether oxygens (including phenoxy) is 1. The molecule has 0 spiro atoms. The summed E-state index contributed by atoms with van der Waals surface area (Å²) >= 11 is 0. The van der Waals surface area contributed by atoms with E-state index in [0.717, 1.165) is 0 Å². The van der Waals surface area contributed by atoms with Crippen molar-refractivity contribution in [3.8, 4) is 17.0 Å². The molecular weight excluding hydrogens is 539 g/mol. The summed E-state index contributed by atoms with van der Waals surface area (Å²) in [5, 5.41) is 10.3. The van der Waals surface area contributed by atoms with Crippen molar-refractivity contribution >= 4 is 38.7 Å². The number of nitrogens with two attached hydrogens (primary N) is 2. The minimum atomic E-state index is -4.53. The molecule has 0 aliphatic rings. The van der Waals surface area contributed by atoms with Gasteiger partial charge in [-0.1, -0.05) is 12.1 Å². The number of pyridine rings is 1. The highest BCUT2D eigenvalue weighted by Gasteiger charge is 2.27. The lowest BCUT2D eigenvalue weighted by atomic mass is 10.1. The Labute approximate surface area is 220 Å². The van der Waals surface area contributed by atoms with Gasteiger partial charge in [-0.2, -0.15) is 18.2 Å². The van der Waals surface area contributed by atoms with E-state index < -0.39 is 28.7 Å². The van der Waals surface area contributed by atoms with Gasteiger partial charge in [0.1, 0.15) is 17.8 Å². The second-order valence-electron chi connectivity index (χ2n) is 8.25. The number of carbonyl (C=O) groups excluding carboxylic acids is 1. The van der Waals surface area contributed by atoms with Gasteiger partial charge >= 0.3 is 6.18 Å². The zero-order valence-corrected chi connectivity index (χ0v) is 21.1. The third kappa shape index (κ3) is 6.69. The maximum Gasteiger partial charge on any atom is 0.405 e. The fourth-order valence-corrected chi connectivity index (χ4v) is 4.11. The molecule has 1 amide bonds. The average Bonchev–Trinajstić information content (AvgIpc) is 2.89. The highest BCUT2D eigenvalue weighted by molar-refractivity contribution is 7.89. The van der Waals surface area contributed by atoms with Crippen molar-refractivity contribution < 1.29 is 31.1 Å². The Balaban J connectivity index is 1.69. The van der Waals surface area contributed by atoms with E-state index in [1.54, 1.807) is 18.2 Å². The van der Waals surface area contributed by atoms with Crippen LogP contribution in [0.3, 0.4) is 0 Å². The van der Waals surface area contributed by atoms with Crippen LogP contribution in [0.25, 0.3) is 22.3 Å². The Hall–Kier alpha value is -4.50. The first-order chi connectivity index (χ1) is 18.3. The Bertz CT molecular complexity index is 1650. The molecule has 0 bridgehead atoms. The van der Waals surface area contributed by atoms with Gasteiger partial charge in [0.15, 0.2) is 5.82 Å². The maximum absolute atomic E-state index is 13.0. The van der Waals surface area contributed by atoms with Crippen molar-refractivity contribution in [2.24, 2.45) is 10.9 Å². The number of alkyl halides is 3. The number of methoxy groups -OCH3 is 1. The third-order valence-electron chi connectivity index (χ3n) is 5.46. The number of primary sulfonamides is 1.